The minimum Gasteiger partial charge on any atom is -0.381 e. The first kappa shape index (κ1) is 18.5. The van der Waals surface area contributed by atoms with Crippen molar-refractivity contribution in [2.24, 2.45) is 0 Å². The van der Waals surface area contributed by atoms with E-state index >= 15 is 0 Å². The monoisotopic (exact) mass is 388 g/mol. The fourth-order valence-corrected chi connectivity index (χ4v) is 3.97. The molecule has 0 bridgehead atoms. The summed E-state index contributed by atoms with van der Waals surface area (Å²) in [6.45, 7) is 1.21. The van der Waals surface area contributed by atoms with E-state index in [4.69, 9.17) is 0 Å². The number of alkyl halides is 1. The molecule has 0 aliphatic carbocycles. The summed E-state index contributed by atoms with van der Waals surface area (Å²) in [4.78, 5) is 50.2. The molecule has 0 radical (unpaired) electrons. The van der Waals surface area contributed by atoms with E-state index in [0.717, 1.165) is 4.90 Å². The Kier molecular flexibility index (Phi) is 4.62. The van der Waals surface area contributed by atoms with Crippen molar-refractivity contribution in [3.05, 3.63) is 29.3 Å². The standard InChI is InChI=1S/C19H21FN4O4/c20-19(6-8-21-9-7-19)10-22-12-3-1-2-11-15(12)18(28)24(17(11)27)13-4-5-14(25)23-16(13)26/h1-3,13,21-22H,4-10H2,(H,23,25,26). The van der Waals surface area contributed by atoms with Crippen LogP contribution in [0.1, 0.15) is 46.4 Å². The molecule has 3 aliphatic rings. The van der Waals surface area contributed by atoms with Crippen molar-refractivity contribution in [2.45, 2.75) is 37.4 Å². The predicted molar refractivity (Wildman–Crippen MR) is 97.5 cm³/mol. The molecule has 9 heteroatoms. The van der Waals surface area contributed by atoms with Gasteiger partial charge in [0.1, 0.15) is 11.7 Å². The lowest BCUT2D eigenvalue weighted by Gasteiger charge is -2.30. The van der Waals surface area contributed by atoms with Crippen molar-refractivity contribution in [2.75, 3.05) is 25.0 Å². The molecule has 3 N–H and O–H groups in total. The van der Waals surface area contributed by atoms with Crippen molar-refractivity contribution in [3.63, 3.8) is 0 Å². The molecule has 4 rings (SSSR count). The van der Waals surface area contributed by atoms with Crippen LogP contribution in [0.3, 0.4) is 0 Å². The summed E-state index contributed by atoms with van der Waals surface area (Å²) in [5.74, 6) is -2.25. The number of amides is 4. The smallest absolute Gasteiger partial charge is 0.264 e. The Balaban J connectivity index is 1.57. The average Bonchev–Trinajstić information content (AvgIpc) is 2.92. The Labute approximate surface area is 160 Å². The lowest BCUT2D eigenvalue weighted by Crippen LogP contribution is -2.54. The number of nitrogens with one attached hydrogen (secondary N) is 3. The fraction of sp³-hybridized carbons (Fsp3) is 0.474. The summed E-state index contributed by atoms with van der Waals surface area (Å²) in [6.07, 6.45) is 0.890. The van der Waals surface area contributed by atoms with Crippen LogP contribution in [0.5, 0.6) is 0 Å². The summed E-state index contributed by atoms with van der Waals surface area (Å²) in [5, 5.41) is 8.26. The first-order valence-electron chi connectivity index (χ1n) is 9.38. The van der Waals surface area contributed by atoms with Gasteiger partial charge in [0.05, 0.1) is 11.1 Å². The zero-order chi connectivity index (χ0) is 19.9. The van der Waals surface area contributed by atoms with Crippen LogP contribution in [0, 0.1) is 0 Å². The van der Waals surface area contributed by atoms with Crippen LogP contribution in [0.2, 0.25) is 0 Å². The maximum absolute atomic E-state index is 14.9. The molecule has 8 nitrogen and oxygen atoms in total. The first-order valence-corrected chi connectivity index (χ1v) is 9.38. The van der Waals surface area contributed by atoms with Gasteiger partial charge in [0.15, 0.2) is 0 Å². The number of anilines is 1. The summed E-state index contributed by atoms with van der Waals surface area (Å²) >= 11 is 0. The van der Waals surface area contributed by atoms with Crippen molar-refractivity contribution < 1.29 is 23.6 Å². The number of fused-ring (bicyclic) bond motifs is 1. The minimum atomic E-state index is -1.39. The molecular formula is C19H21FN4O4. The van der Waals surface area contributed by atoms with Crippen molar-refractivity contribution >= 4 is 29.3 Å². The number of hydrogen-bond donors (Lipinski definition) is 3. The average molecular weight is 388 g/mol. The lowest BCUT2D eigenvalue weighted by molar-refractivity contribution is -0.136. The number of halogens is 1. The third-order valence-corrected chi connectivity index (χ3v) is 5.56. The van der Waals surface area contributed by atoms with Gasteiger partial charge in [0.2, 0.25) is 11.8 Å². The number of nitrogens with zero attached hydrogens (tertiary/aromatic N) is 1. The number of rotatable bonds is 4. The molecule has 3 heterocycles. The van der Waals surface area contributed by atoms with Gasteiger partial charge in [0, 0.05) is 18.7 Å². The van der Waals surface area contributed by atoms with Gasteiger partial charge >= 0.3 is 0 Å². The van der Waals surface area contributed by atoms with E-state index in [1.54, 1.807) is 12.1 Å². The third-order valence-electron chi connectivity index (χ3n) is 5.56. The van der Waals surface area contributed by atoms with Crippen LogP contribution in [-0.2, 0) is 9.59 Å². The van der Waals surface area contributed by atoms with E-state index < -0.39 is 35.3 Å². The second-order valence-electron chi connectivity index (χ2n) is 7.43. The third kappa shape index (κ3) is 3.15. The van der Waals surface area contributed by atoms with Gasteiger partial charge in [0.25, 0.3) is 11.8 Å². The van der Waals surface area contributed by atoms with E-state index in [2.05, 4.69) is 16.0 Å². The quantitative estimate of drug-likeness (QED) is 0.652. The molecule has 3 aliphatic heterocycles. The highest BCUT2D eigenvalue weighted by Crippen LogP contribution is 2.33. The van der Waals surface area contributed by atoms with Crippen molar-refractivity contribution in [1.82, 2.24) is 15.5 Å². The van der Waals surface area contributed by atoms with Crippen LogP contribution in [0.15, 0.2) is 18.2 Å². The highest BCUT2D eigenvalue weighted by molar-refractivity contribution is 6.25. The molecule has 1 aromatic carbocycles. The van der Waals surface area contributed by atoms with Crippen LogP contribution in [-0.4, -0.2) is 59.9 Å². The van der Waals surface area contributed by atoms with Gasteiger partial charge in [-0.25, -0.2) is 4.39 Å². The molecule has 2 saturated heterocycles. The van der Waals surface area contributed by atoms with E-state index in [9.17, 15) is 23.6 Å². The van der Waals surface area contributed by atoms with Crippen LogP contribution in [0.25, 0.3) is 0 Å². The highest BCUT2D eigenvalue weighted by Gasteiger charge is 2.45. The molecular weight excluding hydrogens is 367 g/mol. The van der Waals surface area contributed by atoms with Crippen LogP contribution in [0.4, 0.5) is 10.1 Å². The molecule has 4 amide bonds. The van der Waals surface area contributed by atoms with Gasteiger partial charge in [-0.2, -0.15) is 0 Å². The molecule has 0 saturated carbocycles. The minimum absolute atomic E-state index is 0.0328. The van der Waals surface area contributed by atoms with Crippen LogP contribution >= 0.6 is 0 Å². The van der Waals surface area contributed by atoms with Crippen molar-refractivity contribution in [3.8, 4) is 0 Å². The van der Waals surface area contributed by atoms with E-state index in [0.29, 0.717) is 31.6 Å². The summed E-state index contributed by atoms with van der Waals surface area (Å²) in [6, 6.07) is 3.74. The van der Waals surface area contributed by atoms with E-state index in [1.807, 2.05) is 0 Å². The molecule has 148 valence electrons. The Morgan fingerprint density at radius 2 is 1.89 bits per heavy atom. The zero-order valence-corrected chi connectivity index (χ0v) is 15.2. The summed E-state index contributed by atoms with van der Waals surface area (Å²) in [7, 11) is 0. The van der Waals surface area contributed by atoms with Gasteiger partial charge < -0.3 is 10.6 Å². The maximum Gasteiger partial charge on any atom is 0.264 e. The van der Waals surface area contributed by atoms with Gasteiger partial charge in [-0.3, -0.25) is 29.4 Å². The second-order valence-corrected chi connectivity index (χ2v) is 7.43. The molecule has 1 unspecified atom stereocenters. The SMILES string of the molecule is O=C1CCC(N2C(=O)c3cccc(NCC4(F)CCNCC4)c3C2=O)C(=O)N1. The molecule has 28 heavy (non-hydrogen) atoms. The number of benzene rings is 1. The fourth-order valence-electron chi connectivity index (χ4n) is 3.97. The molecule has 1 atom stereocenters. The van der Waals surface area contributed by atoms with Crippen LogP contribution < -0.4 is 16.0 Å². The predicted octanol–water partition coefficient (Wildman–Crippen LogP) is 0.591. The summed E-state index contributed by atoms with van der Waals surface area (Å²) < 4.78 is 14.9. The Morgan fingerprint density at radius 3 is 2.61 bits per heavy atom. The van der Waals surface area contributed by atoms with Crippen molar-refractivity contribution in [1.29, 1.82) is 0 Å². The van der Waals surface area contributed by atoms with E-state index in [1.165, 1.54) is 6.07 Å². The number of carbonyl (C=O) groups is 4. The Bertz CT molecular complexity index is 865. The largest absolute Gasteiger partial charge is 0.381 e. The number of hydrogen-bond acceptors (Lipinski definition) is 6. The molecule has 1 aromatic rings. The maximum atomic E-state index is 14.9. The van der Waals surface area contributed by atoms with E-state index in [-0.39, 0.29) is 30.5 Å². The van der Waals surface area contributed by atoms with Gasteiger partial charge in [-0.15, -0.1) is 0 Å². The lowest BCUT2D eigenvalue weighted by atomic mass is 9.94. The topological polar surface area (TPSA) is 108 Å². The summed E-state index contributed by atoms with van der Waals surface area (Å²) in [5.41, 5.74) is -0.683. The Morgan fingerprint density at radius 1 is 1.14 bits per heavy atom. The highest BCUT2D eigenvalue weighted by atomic mass is 19.1. The number of imide groups is 2. The normalized spacial score (nSPS) is 24.2. The second kappa shape index (κ2) is 6.97. The number of carbonyl (C=O) groups excluding carboxylic acids is 4. The Hall–Kier alpha value is -2.81. The first-order chi connectivity index (χ1) is 13.4. The molecule has 0 spiro atoms. The molecule has 2 fully saturated rings. The zero-order valence-electron chi connectivity index (χ0n) is 15.2. The van der Waals surface area contributed by atoms with Gasteiger partial charge in [-0.05, 0) is 44.5 Å². The van der Waals surface area contributed by atoms with Gasteiger partial charge in [-0.1, -0.05) is 6.07 Å². The number of piperidine rings is 2. The molecule has 0 aromatic heterocycles.